The first kappa shape index (κ1) is 13.9. The van der Waals surface area contributed by atoms with Crippen molar-refractivity contribution in [3.63, 3.8) is 0 Å². The molecule has 0 radical (unpaired) electrons. The van der Waals surface area contributed by atoms with Crippen LogP contribution in [0.4, 0.5) is 0 Å². The van der Waals surface area contributed by atoms with Crippen molar-refractivity contribution in [1.29, 1.82) is 0 Å². The molecule has 1 atom stereocenters. The van der Waals surface area contributed by atoms with Crippen LogP contribution < -0.4 is 4.74 Å². The molecule has 1 fully saturated rings. The van der Waals surface area contributed by atoms with E-state index in [1.165, 1.54) is 0 Å². The van der Waals surface area contributed by atoms with Gasteiger partial charge in [0.1, 0.15) is 5.75 Å². The van der Waals surface area contributed by atoms with E-state index in [1.54, 1.807) is 4.90 Å². The first-order chi connectivity index (χ1) is 10.1. The van der Waals surface area contributed by atoms with Crippen molar-refractivity contribution < 1.29 is 24.2 Å². The van der Waals surface area contributed by atoms with Gasteiger partial charge in [-0.05, 0) is 17.2 Å². The Morgan fingerprint density at radius 2 is 2.19 bits per heavy atom. The van der Waals surface area contributed by atoms with E-state index in [0.29, 0.717) is 13.2 Å². The predicted molar refractivity (Wildman–Crippen MR) is 73.3 cm³/mol. The molecule has 1 N–H and O–H groups in total. The highest BCUT2D eigenvalue weighted by atomic mass is 16.5. The molecule has 1 aromatic carbocycles. The third-order valence-electron chi connectivity index (χ3n) is 3.80. The zero-order chi connectivity index (χ0) is 14.8. The lowest BCUT2D eigenvalue weighted by molar-refractivity contribution is -0.159. The topological polar surface area (TPSA) is 76.1 Å². The quantitative estimate of drug-likeness (QED) is 0.876. The molecule has 6 nitrogen and oxygen atoms in total. The first-order valence-corrected chi connectivity index (χ1v) is 7.00. The molecule has 2 aliphatic heterocycles. The van der Waals surface area contributed by atoms with Gasteiger partial charge in [0.25, 0.3) is 0 Å². The number of amides is 1. The van der Waals surface area contributed by atoms with Gasteiger partial charge in [0.05, 0.1) is 26.2 Å². The summed E-state index contributed by atoms with van der Waals surface area (Å²) in [6.45, 7) is 1.51. The molecular formula is C15H17NO5. The average molecular weight is 291 g/mol. The number of hydrogen-bond acceptors (Lipinski definition) is 4. The number of hydrogen-bond donors (Lipinski definition) is 1. The van der Waals surface area contributed by atoms with Crippen LogP contribution in [0.15, 0.2) is 18.2 Å². The maximum Gasteiger partial charge on any atom is 0.334 e. The number of fused-ring (bicyclic) bond motifs is 1. The fourth-order valence-electron chi connectivity index (χ4n) is 2.66. The van der Waals surface area contributed by atoms with Crippen molar-refractivity contribution in [2.24, 2.45) is 0 Å². The van der Waals surface area contributed by atoms with Crippen LogP contribution in [-0.2, 0) is 27.2 Å². The third-order valence-corrected chi connectivity index (χ3v) is 3.80. The fourth-order valence-corrected chi connectivity index (χ4v) is 2.66. The summed E-state index contributed by atoms with van der Waals surface area (Å²) in [6, 6.07) is 5.77. The summed E-state index contributed by atoms with van der Waals surface area (Å²) in [5, 5.41) is 8.96. The fraction of sp³-hybridized carbons (Fsp3) is 0.467. The summed E-state index contributed by atoms with van der Waals surface area (Å²) in [5.74, 6) is -0.200. The number of carbonyl (C=O) groups is 2. The zero-order valence-corrected chi connectivity index (χ0v) is 11.6. The summed E-state index contributed by atoms with van der Waals surface area (Å²) < 4.78 is 10.6. The maximum absolute atomic E-state index is 12.3. The summed E-state index contributed by atoms with van der Waals surface area (Å²) in [7, 11) is 0. The molecule has 112 valence electrons. The predicted octanol–water partition coefficient (Wildman–Crippen LogP) is 0.476. The Hall–Kier alpha value is -2.08. The first-order valence-electron chi connectivity index (χ1n) is 7.00. The van der Waals surface area contributed by atoms with E-state index in [-0.39, 0.29) is 25.5 Å². The number of rotatable bonds is 3. The van der Waals surface area contributed by atoms with Crippen molar-refractivity contribution in [2.45, 2.75) is 18.9 Å². The van der Waals surface area contributed by atoms with Crippen molar-refractivity contribution >= 4 is 11.9 Å². The van der Waals surface area contributed by atoms with E-state index in [4.69, 9.17) is 14.6 Å². The zero-order valence-electron chi connectivity index (χ0n) is 11.6. The van der Waals surface area contributed by atoms with E-state index in [9.17, 15) is 9.59 Å². The van der Waals surface area contributed by atoms with Gasteiger partial charge in [0.2, 0.25) is 5.91 Å². The highest BCUT2D eigenvalue weighted by molar-refractivity contribution is 5.80. The van der Waals surface area contributed by atoms with Crippen LogP contribution >= 0.6 is 0 Å². The van der Waals surface area contributed by atoms with Gasteiger partial charge in [-0.2, -0.15) is 0 Å². The highest BCUT2D eigenvalue weighted by Crippen LogP contribution is 2.26. The molecule has 1 amide bonds. The van der Waals surface area contributed by atoms with Crippen LogP contribution in [0, 0.1) is 0 Å². The lowest BCUT2D eigenvalue weighted by Crippen LogP contribution is -2.49. The Kier molecular flexibility index (Phi) is 3.79. The molecule has 6 heteroatoms. The Morgan fingerprint density at radius 3 is 3.00 bits per heavy atom. The molecule has 0 aromatic heterocycles. The number of carbonyl (C=O) groups excluding carboxylic acids is 1. The second-order valence-electron chi connectivity index (χ2n) is 5.25. The van der Waals surface area contributed by atoms with Gasteiger partial charge in [-0.25, -0.2) is 4.79 Å². The van der Waals surface area contributed by atoms with Gasteiger partial charge in [0, 0.05) is 13.0 Å². The number of carboxylic acid groups (broad SMARTS) is 1. The lowest BCUT2D eigenvalue weighted by Gasteiger charge is -2.31. The van der Waals surface area contributed by atoms with Crippen LogP contribution in [-0.4, -0.2) is 54.3 Å². The second kappa shape index (κ2) is 5.73. The Morgan fingerprint density at radius 1 is 1.33 bits per heavy atom. The van der Waals surface area contributed by atoms with Crippen LogP contribution in [0.5, 0.6) is 5.75 Å². The minimum atomic E-state index is -1.03. The van der Waals surface area contributed by atoms with Crippen LogP contribution in [0.25, 0.3) is 0 Å². The van der Waals surface area contributed by atoms with Gasteiger partial charge in [-0.15, -0.1) is 0 Å². The smallest absolute Gasteiger partial charge is 0.334 e. The molecule has 0 spiro atoms. The summed E-state index contributed by atoms with van der Waals surface area (Å²) >= 11 is 0. The van der Waals surface area contributed by atoms with E-state index in [1.807, 2.05) is 18.2 Å². The Labute approximate surface area is 122 Å². The molecule has 2 aliphatic rings. The van der Waals surface area contributed by atoms with Crippen LogP contribution in [0.3, 0.4) is 0 Å². The van der Waals surface area contributed by atoms with E-state index in [2.05, 4.69) is 0 Å². The second-order valence-corrected chi connectivity index (χ2v) is 5.25. The van der Waals surface area contributed by atoms with Crippen LogP contribution in [0.2, 0.25) is 0 Å². The molecular weight excluding hydrogens is 274 g/mol. The van der Waals surface area contributed by atoms with Crippen molar-refractivity contribution in [3.05, 3.63) is 29.3 Å². The largest absolute Gasteiger partial charge is 0.493 e. The molecule has 0 saturated carbocycles. The summed E-state index contributed by atoms with van der Waals surface area (Å²) in [5.41, 5.74) is 2.06. The van der Waals surface area contributed by atoms with Gasteiger partial charge in [-0.1, -0.05) is 12.1 Å². The lowest BCUT2D eigenvalue weighted by atomic mass is 10.1. The number of carboxylic acids is 1. The standard InChI is InChI=1S/C15H17NO5/c17-14(16-4-6-21-13(9-16)15(18)19)8-10-1-2-12-11(7-10)3-5-20-12/h1-2,7,13H,3-6,8-9H2,(H,18,19)/t13-/m1/s1. The van der Waals surface area contributed by atoms with Gasteiger partial charge in [-0.3, -0.25) is 4.79 Å². The normalized spacial score (nSPS) is 20.8. The number of morpholine rings is 1. The van der Waals surface area contributed by atoms with Gasteiger partial charge in [0.15, 0.2) is 6.10 Å². The average Bonchev–Trinajstić information content (AvgIpc) is 2.95. The molecule has 3 rings (SSSR count). The molecule has 0 unspecified atom stereocenters. The van der Waals surface area contributed by atoms with E-state index in [0.717, 1.165) is 23.3 Å². The van der Waals surface area contributed by atoms with Crippen molar-refractivity contribution in [3.8, 4) is 5.75 Å². The van der Waals surface area contributed by atoms with Crippen molar-refractivity contribution in [1.82, 2.24) is 4.90 Å². The monoisotopic (exact) mass is 291 g/mol. The SMILES string of the molecule is O=C(O)[C@H]1CN(C(=O)Cc2ccc3c(c2)CCO3)CCO1. The number of benzene rings is 1. The molecule has 1 aromatic rings. The summed E-state index contributed by atoms with van der Waals surface area (Å²) in [6.07, 6.45) is 0.228. The molecule has 21 heavy (non-hydrogen) atoms. The Bertz CT molecular complexity index is 571. The number of ether oxygens (including phenoxy) is 2. The van der Waals surface area contributed by atoms with E-state index < -0.39 is 12.1 Å². The molecule has 1 saturated heterocycles. The van der Waals surface area contributed by atoms with Crippen molar-refractivity contribution in [2.75, 3.05) is 26.3 Å². The molecule has 0 aliphatic carbocycles. The summed E-state index contributed by atoms with van der Waals surface area (Å²) in [4.78, 5) is 24.8. The molecule has 0 bridgehead atoms. The van der Waals surface area contributed by atoms with E-state index >= 15 is 0 Å². The van der Waals surface area contributed by atoms with Crippen LogP contribution in [0.1, 0.15) is 11.1 Å². The minimum Gasteiger partial charge on any atom is -0.493 e. The highest BCUT2D eigenvalue weighted by Gasteiger charge is 2.29. The molecule has 2 heterocycles. The Balaban J connectivity index is 1.64. The minimum absolute atomic E-state index is 0.0663. The third kappa shape index (κ3) is 3.00. The van der Waals surface area contributed by atoms with Gasteiger partial charge >= 0.3 is 5.97 Å². The van der Waals surface area contributed by atoms with Gasteiger partial charge < -0.3 is 19.5 Å². The number of aliphatic carboxylic acids is 1. The maximum atomic E-state index is 12.3. The number of nitrogens with zero attached hydrogens (tertiary/aromatic N) is 1.